The number of hydrogen-bond donors (Lipinski definition) is 0. The quantitative estimate of drug-likeness (QED) is 0.340. The first kappa shape index (κ1) is 13.6. The first-order chi connectivity index (χ1) is 11.8. The highest BCUT2D eigenvalue weighted by molar-refractivity contribution is 5.97. The smallest absolute Gasteiger partial charge is 0.0358 e. The summed E-state index contributed by atoms with van der Waals surface area (Å²) >= 11 is 0. The molecule has 0 nitrogen and oxygen atoms in total. The Kier molecular flexibility index (Phi) is 2.87. The predicted octanol–water partition coefficient (Wildman–Crippen LogP) is 6.31. The molecule has 0 saturated carbocycles. The minimum atomic E-state index is 0.323. The van der Waals surface area contributed by atoms with Crippen molar-refractivity contribution in [3.05, 3.63) is 107 Å². The van der Waals surface area contributed by atoms with Gasteiger partial charge in [0.1, 0.15) is 0 Å². The summed E-state index contributed by atoms with van der Waals surface area (Å²) in [5, 5.41) is 2.71. The molecule has 1 atom stereocenters. The van der Waals surface area contributed by atoms with Crippen LogP contribution in [0.1, 0.15) is 28.2 Å². The van der Waals surface area contributed by atoms with Gasteiger partial charge in [-0.05, 0) is 45.5 Å². The van der Waals surface area contributed by atoms with Gasteiger partial charge in [0.15, 0.2) is 0 Å². The van der Waals surface area contributed by atoms with Gasteiger partial charge in [-0.15, -0.1) is 0 Å². The van der Waals surface area contributed by atoms with Crippen molar-refractivity contribution >= 4 is 10.8 Å². The van der Waals surface area contributed by atoms with E-state index in [2.05, 4.69) is 91.9 Å². The average molecular weight is 306 g/mol. The van der Waals surface area contributed by atoms with E-state index >= 15 is 0 Å². The molecule has 1 aliphatic carbocycles. The van der Waals surface area contributed by atoms with E-state index < -0.39 is 0 Å². The molecular formula is C24H18. The monoisotopic (exact) mass is 306 g/mol. The highest BCUT2D eigenvalue weighted by Crippen LogP contribution is 2.50. The van der Waals surface area contributed by atoms with Gasteiger partial charge in [0, 0.05) is 5.92 Å². The second-order valence-electron chi connectivity index (χ2n) is 6.68. The van der Waals surface area contributed by atoms with Crippen molar-refractivity contribution < 1.29 is 0 Å². The summed E-state index contributed by atoms with van der Waals surface area (Å²) in [4.78, 5) is 0. The summed E-state index contributed by atoms with van der Waals surface area (Å²) in [5.74, 6) is 0.323. The Morgan fingerprint density at radius 2 is 1.46 bits per heavy atom. The number of aryl methyl sites for hydroxylation is 1. The predicted molar refractivity (Wildman–Crippen MR) is 102 cm³/mol. The van der Waals surface area contributed by atoms with Gasteiger partial charge in [0.25, 0.3) is 0 Å². The maximum atomic E-state index is 2.30. The molecule has 24 heavy (non-hydrogen) atoms. The van der Waals surface area contributed by atoms with E-state index in [0.29, 0.717) is 5.92 Å². The molecule has 1 aliphatic rings. The molecule has 0 radical (unpaired) electrons. The van der Waals surface area contributed by atoms with Crippen molar-refractivity contribution in [2.75, 3.05) is 0 Å². The van der Waals surface area contributed by atoms with Crippen LogP contribution in [0.5, 0.6) is 0 Å². The highest BCUT2D eigenvalue weighted by Gasteiger charge is 2.30. The lowest BCUT2D eigenvalue weighted by atomic mass is 9.86. The minimum Gasteiger partial charge on any atom is -0.0622 e. The Morgan fingerprint density at radius 1 is 0.667 bits per heavy atom. The first-order valence-electron chi connectivity index (χ1n) is 8.50. The molecule has 0 bridgehead atoms. The van der Waals surface area contributed by atoms with Crippen molar-refractivity contribution in [2.45, 2.75) is 12.8 Å². The van der Waals surface area contributed by atoms with Crippen LogP contribution in [-0.4, -0.2) is 0 Å². The maximum Gasteiger partial charge on any atom is 0.0358 e. The van der Waals surface area contributed by atoms with Crippen LogP contribution in [-0.2, 0) is 0 Å². The van der Waals surface area contributed by atoms with Gasteiger partial charge in [-0.25, -0.2) is 0 Å². The average Bonchev–Trinajstić information content (AvgIpc) is 2.97. The second kappa shape index (κ2) is 5.07. The lowest BCUT2D eigenvalue weighted by molar-refractivity contribution is 1.03. The van der Waals surface area contributed by atoms with Crippen molar-refractivity contribution in [1.82, 2.24) is 0 Å². The molecule has 0 spiro atoms. The molecule has 0 saturated heterocycles. The molecule has 1 unspecified atom stereocenters. The Balaban J connectivity index is 1.89. The first-order valence-corrected chi connectivity index (χ1v) is 8.50. The Labute approximate surface area is 142 Å². The van der Waals surface area contributed by atoms with Gasteiger partial charge in [0.05, 0.1) is 0 Å². The van der Waals surface area contributed by atoms with Crippen LogP contribution in [0.3, 0.4) is 0 Å². The summed E-state index contributed by atoms with van der Waals surface area (Å²) in [7, 11) is 0. The summed E-state index contributed by atoms with van der Waals surface area (Å²) < 4.78 is 0. The molecule has 0 aromatic heterocycles. The molecule has 0 N–H and O–H groups in total. The number of rotatable bonds is 1. The van der Waals surface area contributed by atoms with Crippen molar-refractivity contribution in [1.29, 1.82) is 0 Å². The van der Waals surface area contributed by atoms with E-state index in [1.807, 2.05) is 0 Å². The summed E-state index contributed by atoms with van der Waals surface area (Å²) in [6.07, 6.45) is 0. The lowest BCUT2D eigenvalue weighted by Gasteiger charge is -2.16. The lowest BCUT2D eigenvalue weighted by Crippen LogP contribution is -1.99. The third-order valence-corrected chi connectivity index (χ3v) is 5.20. The molecule has 4 aromatic carbocycles. The van der Waals surface area contributed by atoms with E-state index in [-0.39, 0.29) is 0 Å². The largest absolute Gasteiger partial charge is 0.0622 e. The number of hydrogen-bond acceptors (Lipinski definition) is 0. The van der Waals surface area contributed by atoms with Crippen LogP contribution in [0.2, 0.25) is 0 Å². The standard InChI is InChI=1S/C24H18/c1-16-11-13-19-18(15-16)12-14-22-20-9-5-6-10-21(20)23(24(19)22)17-7-3-2-4-8-17/h2-15,23H,1H3. The Morgan fingerprint density at radius 3 is 2.33 bits per heavy atom. The third-order valence-electron chi connectivity index (χ3n) is 5.20. The van der Waals surface area contributed by atoms with Gasteiger partial charge in [0.2, 0.25) is 0 Å². The fourth-order valence-corrected chi connectivity index (χ4v) is 4.16. The number of fused-ring (bicyclic) bond motifs is 5. The highest BCUT2D eigenvalue weighted by atomic mass is 14.3. The molecule has 0 heterocycles. The summed E-state index contributed by atoms with van der Waals surface area (Å²) in [5.41, 5.74) is 8.33. The molecule has 114 valence electrons. The molecule has 4 aromatic rings. The summed E-state index contributed by atoms with van der Waals surface area (Å²) in [6.45, 7) is 2.16. The van der Waals surface area contributed by atoms with Crippen LogP contribution in [0.25, 0.3) is 21.9 Å². The third kappa shape index (κ3) is 1.86. The van der Waals surface area contributed by atoms with Crippen molar-refractivity contribution in [3.8, 4) is 11.1 Å². The van der Waals surface area contributed by atoms with Crippen LogP contribution in [0.15, 0.2) is 84.9 Å². The maximum absolute atomic E-state index is 2.30. The molecular weight excluding hydrogens is 288 g/mol. The van der Waals surface area contributed by atoms with Gasteiger partial charge < -0.3 is 0 Å². The van der Waals surface area contributed by atoms with Gasteiger partial charge in [-0.1, -0.05) is 90.5 Å². The SMILES string of the molecule is Cc1ccc2c3c(ccc2c1)-c1ccccc1C3c1ccccc1. The van der Waals surface area contributed by atoms with Crippen LogP contribution in [0, 0.1) is 6.92 Å². The van der Waals surface area contributed by atoms with E-state index in [1.165, 1.54) is 44.2 Å². The molecule has 0 amide bonds. The molecule has 0 fully saturated rings. The van der Waals surface area contributed by atoms with Gasteiger partial charge >= 0.3 is 0 Å². The normalized spacial score (nSPS) is 15.3. The zero-order chi connectivity index (χ0) is 16.1. The summed E-state index contributed by atoms with van der Waals surface area (Å²) in [6, 6.07) is 31.1. The van der Waals surface area contributed by atoms with Gasteiger partial charge in [-0.3, -0.25) is 0 Å². The Hall–Kier alpha value is -2.86. The molecule has 0 aliphatic heterocycles. The van der Waals surface area contributed by atoms with Crippen LogP contribution >= 0.6 is 0 Å². The fourth-order valence-electron chi connectivity index (χ4n) is 4.16. The van der Waals surface area contributed by atoms with Gasteiger partial charge in [-0.2, -0.15) is 0 Å². The minimum absolute atomic E-state index is 0.323. The van der Waals surface area contributed by atoms with E-state index in [9.17, 15) is 0 Å². The zero-order valence-electron chi connectivity index (χ0n) is 13.7. The van der Waals surface area contributed by atoms with E-state index in [4.69, 9.17) is 0 Å². The fraction of sp³-hybridized carbons (Fsp3) is 0.0833. The number of benzene rings is 4. The van der Waals surface area contributed by atoms with Crippen molar-refractivity contribution in [2.24, 2.45) is 0 Å². The molecule has 0 heteroatoms. The Bertz CT molecular complexity index is 1060. The van der Waals surface area contributed by atoms with E-state index in [0.717, 1.165) is 0 Å². The van der Waals surface area contributed by atoms with Crippen molar-refractivity contribution in [3.63, 3.8) is 0 Å². The van der Waals surface area contributed by atoms with E-state index in [1.54, 1.807) is 0 Å². The topological polar surface area (TPSA) is 0 Å². The molecule has 5 rings (SSSR count). The second-order valence-corrected chi connectivity index (χ2v) is 6.68. The zero-order valence-corrected chi connectivity index (χ0v) is 13.7. The van der Waals surface area contributed by atoms with Crippen LogP contribution in [0.4, 0.5) is 0 Å². The van der Waals surface area contributed by atoms with Crippen LogP contribution < -0.4 is 0 Å².